The van der Waals surface area contributed by atoms with Gasteiger partial charge >= 0.3 is 11.9 Å². The fourth-order valence-corrected chi connectivity index (χ4v) is 3.44. The number of hydrogen-bond acceptors (Lipinski definition) is 4. The highest BCUT2D eigenvalue weighted by molar-refractivity contribution is 5.80. The number of carbonyl (C=O) groups excluding carboxylic acids is 2. The molecule has 0 aliphatic carbocycles. The second-order valence-electron chi connectivity index (χ2n) is 8.25. The van der Waals surface area contributed by atoms with Crippen molar-refractivity contribution < 1.29 is 24.2 Å². The number of aliphatic carboxylic acids is 1. The van der Waals surface area contributed by atoms with Crippen molar-refractivity contribution in [3.63, 3.8) is 0 Å². The van der Waals surface area contributed by atoms with Crippen molar-refractivity contribution in [2.24, 2.45) is 0 Å². The molecule has 0 fully saturated rings. The van der Waals surface area contributed by atoms with Crippen LogP contribution >= 0.6 is 0 Å². The highest BCUT2D eigenvalue weighted by Crippen LogP contribution is 2.16. The molecule has 1 unspecified atom stereocenters. The minimum Gasteiger partial charge on any atom is -0.480 e. The highest BCUT2D eigenvalue weighted by atomic mass is 16.5. The zero-order valence-corrected chi connectivity index (χ0v) is 19.4. The van der Waals surface area contributed by atoms with E-state index in [0.717, 1.165) is 57.8 Å². The maximum absolute atomic E-state index is 12.2. The van der Waals surface area contributed by atoms with Crippen molar-refractivity contribution >= 4 is 17.8 Å². The van der Waals surface area contributed by atoms with Gasteiger partial charge in [-0.3, -0.25) is 14.4 Å². The summed E-state index contributed by atoms with van der Waals surface area (Å²) in [6.07, 6.45) is 16.9. The first-order valence-corrected chi connectivity index (χ1v) is 12.2. The molecular weight excluding hydrogens is 382 g/mol. The van der Waals surface area contributed by atoms with Gasteiger partial charge in [0.05, 0.1) is 0 Å². The Bertz CT molecular complexity index is 453. The molecule has 1 amide bonds. The Kier molecular flexibility index (Phi) is 19.6. The van der Waals surface area contributed by atoms with Gasteiger partial charge in [-0.1, -0.05) is 78.1 Å². The van der Waals surface area contributed by atoms with Crippen LogP contribution in [0.15, 0.2) is 0 Å². The van der Waals surface area contributed by atoms with Gasteiger partial charge in [-0.05, 0) is 32.1 Å². The van der Waals surface area contributed by atoms with E-state index in [-0.39, 0.29) is 24.5 Å². The van der Waals surface area contributed by atoms with Crippen LogP contribution in [0.2, 0.25) is 0 Å². The molecule has 0 bridgehead atoms. The number of carboxylic acids is 1. The third kappa shape index (κ3) is 19.7. The molecule has 0 saturated carbocycles. The minimum atomic E-state index is -1.03. The Morgan fingerprint density at radius 1 is 0.733 bits per heavy atom. The molecule has 0 aromatic rings. The zero-order chi connectivity index (χ0) is 22.5. The first-order valence-electron chi connectivity index (χ1n) is 12.2. The van der Waals surface area contributed by atoms with Crippen LogP contribution in [-0.2, 0) is 19.1 Å². The molecule has 0 saturated heterocycles. The molecule has 0 radical (unpaired) electrons. The molecule has 0 spiro atoms. The lowest BCUT2D eigenvalue weighted by Crippen LogP contribution is -2.28. The second kappa shape index (κ2) is 20.7. The predicted molar refractivity (Wildman–Crippen MR) is 120 cm³/mol. The first kappa shape index (κ1) is 28.4. The van der Waals surface area contributed by atoms with Gasteiger partial charge in [0.25, 0.3) is 0 Å². The van der Waals surface area contributed by atoms with E-state index in [1.807, 2.05) is 0 Å². The summed E-state index contributed by atoms with van der Waals surface area (Å²) in [5.41, 5.74) is 0. The Hall–Kier alpha value is -1.59. The number of amides is 1. The maximum Gasteiger partial charge on any atom is 0.322 e. The number of carboxylic acid groups (broad SMARTS) is 1. The molecule has 0 rings (SSSR count). The van der Waals surface area contributed by atoms with E-state index in [9.17, 15) is 14.4 Å². The Balaban J connectivity index is 3.88. The first-order chi connectivity index (χ1) is 14.5. The lowest BCUT2D eigenvalue weighted by molar-refractivity contribution is -0.150. The number of esters is 1. The summed E-state index contributed by atoms with van der Waals surface area (Å²) in [7, 11) is 0. The van der Waals surface area contributed by atoms with Crippen LogP contribution in [0, 0.1) is 0 Å². The van der Waals surface area contributed by atoms with Crippen molar-refractivity contribution in [2.45, 2.75) is 129 Å². The van der Waals surface area contributed by atoms with Crippen LogP contribution in [-0.4, -0.2) is 35.6 Å². The lowest BCUT2D eigenvalue weighted by Gasteiger charge is -2.18. The van der Waals surface area contributed by atoms with Gasteiger partial charge in [0.2, 0.25) is 5.91 Å². The number of hydrogen-bond donors (Lipinski definition) is 2. The number of nitrogens with one attached hydrogen (secondary N) is 1. The molecule has 176 valence electrons. The van der Waals surface area contributed by atoms with Crippen LogP contribution in [0.5, 0.6) is 0 Å². The van der Waals surface area contributed by atoms with Crippen molar-refractivity contribution in [1.82, 2.24) is 5.32 Å². The summed E-state index contributed by atoms with van der Waals surface area (Å²) in [6, 6.07) is 0. The fraction of sp³-hybridized carbons (Fsp3) is 0.875. The van der Waals surface area contributed by atoms with Gasteiger partial charge in [0.1, 0.15) is 12.6 Å². The van der Waals surface area contributed by atoms with Crippen LogP contribution in [0.3, 0.4) is 0 Å². The topological polar surface area (TPSA) is 92.7 Å². The lowest BCUT2D eigenvalue weighted by atomic mass is 10.0. The Morgan fingerprint density at radius 2 is 1.27 bits per heavy atom. The third-order valence-electron chi connectivity index (χ3n) is 5.28. The average Bonchev–Trinajstić information content (AvgIpc) is 2.71. The molecule has 0 aliphatic heterocycles. The molecule has 0 aliphatic rings. The molecule has 0 aromatic heterocycles. The van der Waals surface area contributed by atoms with Crippen LogP contribution < -0.4 is 5.32 Å². The van der Waals surface area contributed by atoms with Gasteiger partial charge in [0.15, 0.2) is 0 Å². The van der Waals surface area contributed by atoms with E-state index in [4.69, 9.17) is 9.84 Å². The summed E-state index contributed by atoms with van der Waals surface area (Å²) >= 11 is 0. The second-order valence-corrected chi connectivity index (χ2v) is 8.25. The van der Waals surface area contributed by atoms with Crippen LogP contribution in [0.1, 0.15) is 123 Å². The maximum atomic E-state index is 12.2. The molecule has 6 heteroatoms. The van der Waals surface area contributed by atoms with Crippen LogP contribution in [0.25, 0.3) is 0 Å². The van der Waals surface area contributed by atoms with E-state index in [0.29, 0.717) is 12.8 Å². The van der Waals surface area contributed by atoms with Gasteiger partial charge in [-0.15, -0.1) is 0 Å². The normalized spacial score (nSPS) is 11.8. The monoisotopic (exact) mass is 427 g/mol. The van der Waals surface area contributed by atoms with Crippen molar-refractivity contribution in [1.29, 1.82) is 0 Å². The molecule has 0 aromatic carbocycles. The van der Waals surface area contributed by atoms with E-state index in [1.165, 1.54) is 38.5 Å². The number of rotatable bonds is 21. The molecule has 2 N–H and O–H groups in total. The van der Waals surface area contributed by atoms with E-state index < -0.39 is 5.97 Å². The standard InChI is InChI=1S/C24H45NO5/c1-3-5-7-8-9-10-11-15-19-24(29)30-21(16-6-4-2)17-13-12-14-18-22(26)25-20-23(27)28/h21H,3-20H2,1-2H3,(H,25,26)(H,27,28). The van der Waals surface area contributed by atoms with Crippen molar-refractivity contribution in [3.8, 4) is 0 Å². The van der Waals surface area contributed by atoms with Crippen molar-refractivity contribution in [2.75, 3.05) is 6.54 Å². The summed E-state index contributed by atoms with van der Waals surface area (Å²) in [4.78, 5) is 34.1. The van der Waals surface area contributed by atoms with Gasteiger partial charge < -0.3 is 15.2 Å². The van der Waals surface area contributed by atoms with Crippen LogP contribution in [0.4, 0.5) is 0 Å². The molecule has 30 heavy (non-hydrogen) atoms. The SMILES string of the molecule is CCCCCCCCCCC(=O)OC(CCCC)CCCCCC(=O)NCC(=O)O. The largest absolute Gasteiger partial charge is 0.480 e. The third-order valence-corrected chi connectivity index (χ3v) is 5.28. The van der Waals surface area contributed by atoms with Gasteiger partial charge in [-0.2, -0.15) is 0 Å². The summed E-state index contributed by atoms with van der Waals surface area (Å²) in [6.45, 7) is 4.03. The fourth-order valence-electron chi connectivity index (χ4n) is 3.44. The molecule has 0 heterocycles. The Morgan fingerprint density at radius 3 is 1.90 bits per heavy atom. The summed E-state index contributed by atoms with van der Waals surface area (Å²) < 4.78 is 5.72. The highest BCUT2D eigenvalue weighted by Gasteiger charge is 2.14. The number of carbonyl (C=O) groups is 3. The van der Waals surface area contributed by atoms with Gasteiger partial charge in [0, 0.05) is 12.8 Å². The van der Waals surface area contributed by atoms with Crippen molar-refractivity contribution in [3.05, 3.63) is 0 Å². The quantitative estimate of drug-likeness (QED) is 0.179. The number of unbranched alkanes of at least 4 members (excludes halogenated alkanes) is 10. The van der Waals surface area contributed by atoms with E-state index in [2.05, 4.69) is 19.2 Å². The van der Waals surface area contributed by atoms with E-state index in [1.54, 1.807) is 0 Å². The summed E-state index contributed by atoms with van der Waals surface area (Å²) in [5.74, 6) is -1.33. The zero-order valence-electron chi connectivity index (χ0n) is 19.4. The summed E-state index contributed by atoms with van der Waals surface area (Å²) in [5, 5.41) is 10.9. The minimum absolute atomic E-state index is 0.0210. The molecule has 6 nitrogen and oxygen atoms in total. The Labute approximate surface area is 183 Å². The molecular formula is C24H45NO5. The number of ether oxygens (including phenoxy) is 1. The average molecular weight is 428 g/mol. The molecule has 1 atom stereocenters. The van der Waals surface area contributed by atoms with Gasteiger partial charge in [-0.25, -0.2) is 0 Å². The predicted octanol–water partition coefficient (Wildman–Crippen LogP) is 5.77. The van der Waals surface area contributed by atoms with E-state index >= 15 is 0 Å². The smallest absolute Gasteiger partial charge is 0.322 e.